The lowest BCUT2D eigenvalue weighted by molar-refractivity contribution is -0.148. The number of primary amides is 1. The first-order valence-corrected chi connectivity index (χ1v) is 11.8. The average Bonchev–Trinajstić information content (AvgIpc) is 2.77. The number of amides is 2. The van der Waals surface area contributed by atoms with Crippen molar-refractivity contribution in [2.75, 3.05) is 24.7 Å². The van der Waals surface area contributed by atoms with Crippen LogP contribution in [0.15, 0.2) is 34.8 Å². The van der Waals surface area contributed by atoms with Gasteiger partial charge in [0.15, 0.2) is 17.1 Å². The number of phenolic OH excluding ortho intramolecular Hbond substituents is 1. The molecular formula is C23H25Br2N3O8. The first-order chi connectivity index (χ1) is 16.4. The van der Waals surface area contributed by atoms with Gasteiger partial charge in [-0.05, 0) is 44.5 Å². The minimum atomic E-state index is -2.69. The van der Waals surface area contributed by atoms with E-state index >= 15 is 0 Å². The molecule has 1 aromatic rings. The molecule has 194 valence electrons. The fourth-order valence-corrected chi connectivity index (χ4v) is 5.65. The third-order valence-electron chi connectivity index (χ3n) is 6.99. The molecule has 3 aliphatic carbocycles. The number of fused-ring (bicyclic) bond motifs is 3. The molecule has 0 aliphatic heterocycles. The van der Waals surface area contributed by atoms with Crippen molar-refractivity contribution in [3.63, 3.8) is 0 Å². The summed E-state index contributed by atoms with van der Waals surface area (Å²) in [7, 11) is 3.13. The van der Waals surface area contributed by atoms with Crippen molar-refractivity contribution < 1.29 is 39.6 Å². The molecule has 11 nitrogen and oxygen atoms in total. The molecular weight excluding hydrogens is 606 g/mol. The quantitative estimate of drug-likeness (QED) is 0.160. The normalized spacial score (nSPS) is 27.2. The van der Waals surface area contributed by atoms with Gasteiger partial charge in [-0.2, -0.15) is 0 Å². The van der Waals surface area contributed by atoms with E-state index in [1.54, 1.807) is 20.2 Å². The zero-order valence-electron chi connectivity index (χ0n) is 19.2. The lowest BCUT2D eigenvalue weighted by Gasteiger charge is -2.50. The van der Waals surface area contributed by atoms with Crippen molar-refractivity contribution >= 4 is 62.0 Å². The first-order valence-electron chi connectivity index (χ1n) is 10.7. The average molecular weight is 631 g/mol. The Morgan fingerprint density at radius 1 is 1.22 bits per heavy atom. The second kappa shape index (κ2) is 9.61. The van der Waals surface area contributed by atoms with E-state index in [-0.39, 0.29) is 52.0 Å². The van der Waals surface area contributed by atoms with Crippen molar-refractivity contribution in [1.82, 2.24) is 4.90 Å². The van der Waals surface area contributed by atoms with Crippen LogP contribution in [-0.2, 0) is 20.8 Å². The van der Waals surface area contributed by atoms with Crippen molar-refractivity contribution in [2.45, 2.75) is 24.5 Å². The van der Waals surface area contributed by atoms with Crippen LogP contribution >= 0.6 is 32.9 Å². The van der Waals surface area contributed by atoms with Gasteiger partial charge in [-0.15, -0.1) is 17.0 Å². The number of hydrogen-bond donors (Lipinski definition) is 6. The fourth-order valence-electron chi connectivity index (χ4n) is 5.51. The highest BCUT2D eigenvalue weighted by Gasteiger charge is 2.63. The van der Waals surface area contributed by atoms with Crippen LogP contribution in [0, 0.1) is 11.8 Å². The van der Waals surface area contributed by atoms with Gasteiger partial charge in [0.1, 0.15) is 17.1 Å². The molecule has 13 heteroatoms. The zero-order chi connectivity index (χ0) is 26.0. The van der Waals surface area contributed by atoms with E-state index in [1.807, 2.05) is 0 Å². The van der Waals surface area contributed by atoms with E-state index in [2.05, 4.69) is 21.2 Å². The van der Waals surface area contributed by atoms with Crippen LogP contribution in [0.3, 0.4) is 0 Å². The molecule has 7 N–H and O–H groups in total. The Bertz CT molecular complexity index is 1260. The van der Waals surface area contributed by atoms with E-state index in [0.29, 0.717) is 5.56 Å². The fraction of sp³-hybridized carbons (Fsp3) is 0.391. The minimum absolute atomic E-state index is 0. The number of phenols is 1. The predicted octanol–water partition coefficient (Wildman–Crippen LogP) is 1.03. The lowest BCUT2D eigenvalue weighted by atomic mass is 9.58. The van der Waals surface area contributed by atoms with Crippen LogP contribution in [0.4, 0.5) is 5.69 Å². The van der Waals surface area contributed by atoms with Gasteiger partial charge < -0.3 is 31.5 Å². The molecule has 4 rings (SSSR count). The Morgan fingerprint density at radius 2 is 1.86 bits per heavy atom. The van der Waals surface area contributed by atoms with Gasteiger partial charge in [-0.1, -0.05) is 22.0 Å². The first kappa shape index (κ1) is 27.8. The number of nitrogens with two attached hydrogens (primary N) is 1. The smallest absolute Gasteiger partial charge is 0.255 e. The Morgan fingerprint density at radius 3 is 2.42 bits per heavy atom. The van der Waals surface area contributed by atoms with Crippen LogP contribution in [0.25, 0.3) is 0 Å². The Labute approximate surface area is 224 Å². The second-order valence-corrected chi connectivity index (χ2v) is 9.70. The van der Waals surface area contributed by atoms with Gasteiger partial charge in [-0.3, -0.25) is 24.1 Å². The number of halogens is 2. The van der Waals surface area contributed by atoms with Crippen molar-refractivity contribution in [3.05, 3.63) is 45.9 Å². The molecule has 0 saturated carbocycles. The second-order valence-electron chi connectivity index (χ2n) is 9.14. The van der Waals surface area contributed by atoms with Gasteiger partial charge in [0.25, 0.3) is 5.91 Å². The Balaban J connectivity index is 0.00000361. The Kier molecular flexibility index (Phi) is 7.44. The molecule has 0 heterocycles. The highest BCUT2D eigenvalue weighted by atomic mass is 79.9. The molecule has 1 aromatic carbocycles. The number of likely N-dealkylation sites (N-methyl/N-ethyl adjacent to an activating group) is 1. The molecule has 0 aromatic heterocycles. The predicted molar refractivity (Wildman–Crippen MR) is 136 cm³/mol. The molecule has 0 spiro atoms. The van der Waals surface area contributed by atoms with Crippen molar-refractivity contribution in [2.24, 2.45) is 17.6 Å². The number of anilines is 1. The van der Waals surface area contributed by atoms with Crippen LogP contribution in [-0.4, -0.2) is 79.8 Å². The minimum Gasteiger partial charge on any atom is -0.510 e. The maximum atomic E-state index is 13.5. The lowest BCUT2D eigenvalue weighted by Crippen LogP contribution is -2.63. The SMILES string of the molecule is Br.CN(C)[C@@H]1C(O)=C(C(N)=O)C(=O)C2(O)C(O)=C3C(=O)c4c(ccc(NC(=O)CBr)c4O)CC3CC12. The summed E-state index contributed by atoms with van der Waals surface area (Å²) in [5.74, 6) is -7.66. The highest BCUT2D eigenvalue weighted by molar-refractivity contribution is 9.09. The molecule has 0 fully saturated rings. The van der Waals surface area contributed by atoms with E-state index < -0.39 is 69.7 Å². The number of carbonyl (C=O) groups is 4. The monoisotopic (exact) mass is 629 g/mol. The van der Waals surface area contributed by atoms with Gasteiger partial charge >= 0.3 is 0 Å². The zero-order valence-corrected chi connectivity index (χ0v) is 22.5. The number of aromatic hydroxyl groups is 1. The number of carbonyl (C=O) groups excluding carboxylic acids is 4. The molecule has 2 amide bonds. The topological polar surface area (TPSA) is 190 Å². The van der Waals surface area contributed by atoms with Crippen LogP contribution in [0.5, 0.6) is 5.75 Å². The van der Waals surface area contributed by atoms with Gasteiger partial charge in [0.05, 0.1) is 22.6 Å². The van der Waals surface area contributed by atoms with Crippen LogP contribution in [0.1, 0.15) is 22.3 Å². The van der Waals surface area contributed by atoms with Crippen LogP contribution in [0.2, 0.25) is 0 Å². The largest absolute Gasteiger partial charge is 0.510 e. The summed E-state index contributed by atoms with van der Waals surface area (Å²) in [5, 5.41) is 46.6. The number of rotatable bonds is 4. The molecule has 3 aliphatic rings. The van der Waals surface area contributed by atoms with Crippen molar-refractivity contribution in [1.29, 1.82) is 0 Å². The number of Topliss-reactive ketones (excluding diaryl/α,β-unsaturated/α-hetero) is 2. The Hall–Kier alpha value is -2.74. The number of ketones is 2. The number of aliphatic hydroxyl groups is 3. The molecule has 3 unspecified atom stereocenters. The number of benzene rings is 1. The summed E-state index contributed by atoms with van der Waals surface area (Å²) in [6, 6.07) is 1.98. The number of aliphatic hydroxyl groups excluding tert-OH is 2. The van der Waals surface area contributed by atoms with E-state index in [0.717, 1.165) is 0 Å². The van der Waals surface area contributed by atoms with E-state index in [4.69, 9.17) is 5.73 Å². The van der Waals surface area contributed by atoms with Crippen LogP contribution < -0.4 is 11.1 Å². The summed E-state index contributed by atoms with van der Waals surface area (Å²) in [4.78, 5) is 52.0. The number of nitrogens with zero attached hydrogens (tertiary/aromatic N) is 1. The summed E-state index contributed by atoms with van der Waals surface area (Å²) in [6.07, 6.45) is 0.184. The molecule has 0 bridgehead atoms. The molecule has 36 heavy (non-hydrogen) atoms. The third-order valence-corrected chi connectivity index (χ3v) is 7.50. The maximum absolute atomic E-state index is 13.5. The number of hydrogen-bond acceptors (Lipinski definition) is 9. The maximum Gasteiger partial charge on any atom is 0.255 e. The summed E-state index contributed by atoms with van der Waals surface area (Å²) in [5.41, 5.74) is 1.76. The molecule has 4 atom stereocenters. The van der Waals surface area contributed by atoms with Gasteiger partial charge in [0, 0.05) is 11.5 Å². The van der Waals surface area contributed by atoms with Gasteiger partial charge in [-0.25, -0.2) is 0 Å². The molecule has 0 saturated heterocycles. The number of alkyl halides is 1. The summed E-state index contributed by atoms with van der Waals surface area (Å²) in [6.45, 7) is 0. The number of allylic oxidation sites excluding steroid dienone is 1. The summed E-state index contributed by atoms with van der Waals surface area (Å²) < 4.78 is 0. The van der Waals surface area contributed by atoms with Crippen molar-refractivity contribution in [3.8, 4) is 5.75 Å². The van der Waals surface area contributed by atoms with E-state index in [1.165, 1.54) is 11.0 Å². The number of nitrogens with one attached hydrogen (secondary N) is 1. The standard InChI is InChI=1S/C23H24BrN3O8.BrH/c1-27(2)16-10-6-9-5-8-3-4-11(26-12(28)7-24)17(29)13(8)18(30)14(9)20(32)23(10,35)21(33)15(19(16)31)22(25)34;/h3-4,9-10,16,29,31-32,35H,5-7H2,1-2H3,(H2,25,34)(H,26,28);1H/t9?,10?,16-,23?;/m0./s1. The van der Waals surface area contributed by atoms with E-state index in [9.17, 15) is 39.6 Å². The highest BCUT2D eigenvalue weighted by Crippen LogP contribution is 2.52. The molecule has 0 radical (unpaired) electrons. The third kappa shape index (κ3) is 3.85. The van der Waals surface area contributed by atoms with Gasteiger partial charge in [0.2, 0.25) is 11.7 Å². The summed E-state index contributed by atoms with van der Waals surface area (Å²) >= 11 is 3.00.